The van der Waals surface area contributed by atoms with Gasteiger partial charge in [0, 0.05) is 74.0 Å². The number of thiazole rings is 1. The van der Waals surface area contributed by atoms with E-state index >= 15 is 0 Å². The van der Waals surface area contributed by atoms with Crippen molar-refractivity contribution in [2.45, 2.75) is 113 Å². The van der Waals surface area contributed by atoms with Gasteiger partial charge in [-0.2, -0.15) is 0 Å². The molecule has 6 aliphatic rings. The Kier molecular flexibility index (Phi) is 9.51. The molecule has 1 spiro atoms. The lowest BCUT2D eigenvalue weighted by molar-refractivity contribution is -0.145. The highest BCUT2D eigenvalue weighted by molar-refractivity contribution is 7.11. The second-order valence-corrected chi connectivity index (χ2v) is 16.0. The third-order valence-electron chi connectivity index (χ3n) is 11.4. The lowest BCUT2D eigenvalue weighted by Crippen LogP contribution is -2.59. The van der Waals surface area contributed by atoms with Crippen LogP contribution < -0.4 is 10.6 Å². The van der Waals surface area contributed by atoms with Crippen molar-refractivity contribution in [3.8, 4) is 0 Å². The van der Waals surface area contributed by atoms with Crippen molar-refractivity contribution in [1.82, 2.24) is 30.3 Å². The quantitative estimate of drug-likeness (QED) is 0.501. The first-order valence-corrected chi connectivity index (χ1v) is 18.6. The van der Waals surface area contributed by atoms with Crippen LogP contribution in [0.4, 0.5) is 8.78 Å². The minimum atomic E-state index is -2.64. The van der Waals surface area contributed by atoms with Crippen molar-refractivity contribution in [3.05, 3.63) is 51.5 Å². The molecule has 1 saturated carbocycles. The van der Waals surface area contributed by atoms with E-state index in [1.54, 1.807) is 33.3 Å². The van der Waals surface area contributed by atoms with E-state index in [-0.39, 0.29) is 67.3 Å². The molecule has 1 aliphatic carbocycles. The van der Waals surface area contributed by atoms with Crippen LogP contribution in [0.3, 0.4) is 0 Å². The summed E-state index contributed by atoms with van der Waals surface area (Å²) >= 11 is 1.62. The molecule has 4 bridgehead atoms. The van der Waals surface area contributed by atoms with Gasteiger partial charge >= 0.3 is 0 Å². The molecular formula is C36H46F2N6O4S. The number of fused-ring (bicyclic) bond motifs is 5. The highest BCUT2D eigenvalue weighted by atomic mass is 32.1. The SMILES string of the molecule is Cc1sc2nc1CC(=O)NC1(CCN(C(=O)c3ccccc3)CC1)CC(=O)N1C[C@@H](NC3CCC(F)(F)CC3)C[C@H]1C(=O)N1CCC2CC1. The second kappa shape index (κ2) is 13.7. The van der Waals surface area contributed by atoms with Crippen molar-refractivity contribution in [2.75, 3.05) is 32.7 Å². The average molecular weight is 697 g/mol. The predicted molar refractivity (Wildman–Crippen MR) is 180 cm³/mol. The maximum atomic E-state index is 14.4. The lowest BCUT2D eigenvalue weighted by Gasteiger charge is -2.43. The van der Waals surface area contributed by atoms with Gasteiger partial charge in [0.05, 0.1) is 29.1 Å². The Morgan fingerprint density at radius 2 is 1.65 bits per heavy atom. The van der Waals surface area contributed by atoms with E-state index in [0.29, 0.717) is 70.4 Å². The summed E-state index contributed by atoms with van der Waals surface area (Å²) in [5, 5.41) is 7.77. The van der Waals surface area contributed by atoms with Crippen LogP contribution >= 0.6 is 11.3 Å². The number of aryl methyl sites for hydroxylation is 1. The number of nitrogens with zero attached hydrogens (tertiary/aromatic N) is 4. The zero-order valence-electron chi connectivity index (χ0n) is 28.1. The minimum absolute atomic E-state index is 0.00162. The number of likely N-dealkylation sites (tertiary alicyclic amines) is 1. The van der Waals surface area contributed by atoms with Gasteiger partial charge in [-0.05, 0) is 64.0 Å². The van der Waals surface area contributed by atoms with Crippen LogP contribution in [0.2, 0.25) is 0 Å². The van der Waals surface area contributed by atoms with Crippen molar-refractivity contribution < 1.29 is 28.0 Å². The van der Waals surface area contributed by atoms with Gasteiger partial charge in [-0.15, -0.1) is 11.3 Å². The number of hydrogen-bond acceptors (Lipinski definition) is 7. The van der Waals surface area contributed by atoms with Gasteiger partial charge in [0.2, 0.25) is 23.6 Å². The van der Waals surface area contributed by atoms with E-state index in [0.717, 1.165) is 28.4 Å². The third kappa shape index (κ3) is 7.38. The molecule has 0 radical (unpaired) electrons. The van der Waals surface area contributed by atoms with Crippen LogP contribution in [-0.2, 0) is 20.8 Å². The topological polar surface area (TPSA) is 115 Å². The summed E-state index contributed by atoms with van der Waals surface area (Å²) in [6.45, 7) is 4.18. The Hall–Kier alpha value is -3.45. The number of rotatable bonds is 3. The summed E-state index contributed by atoms with van der Waals surface area (Å²) in [5.41, 5.74) is 0.434. The van der Waals surface area contributed by atoms with Crippen LogP contribution in [0, 0.1) is 6.92 Å². The highest BCUT2D eigenvalue weighted by Crippen LogP contribution is 2.37. The second-order valence-electron chi connectivity index (χ2n) is 14.8. The number of hydrogen-bond donors (Lipinski definition) is 2. The van der Waals surface area contributed by atoms with Crippen molar-refractivity contribution in [3.63, 3.8) is 0 Å². The highest BCUT2D eigenvalue weighted by Gasteiger charge is 2.47. The van der Waals surface area contributed by atoms with Crippen LogP contribution in [0.1, 0.15) is 96.1 Å². The Morgan fingerprint density at radius 3 is 2.35 bits per heavy atom. The smallest absolute Gasteiger partial charge is 0.253 e. The molecule has 264 valence electrons. The van der Waals surface area contributed by atoms with Gasteiger partial charge in [-0.3, -0.25) is 19.2 Å². The largest absolute Gasteiger partial charge is 0.350 e. The van der Waals surface area contributed by atoms with E-state index in [9.17, 15) is 28.0 Å². The normalized spacial score (nSPS) is 26.7. The molecule has 0 unspecified atom stereocenters. The fourth-order valence-electron chi connectivity index (χ4n) is 8.48. The van der Waals surface area contributed by atoms with E-state index in [1.807, 2.05) is 30.0 Å². The summed E-state index contributed by atoms with van der Waals surface area (Å²) in [5.74, 6) is -3.02. The summed E-state index contributed by atoms with van der Waals surface area (Å²) in [6, 6.07) is 8.14. The molecule has 8 rings (SSSR count). The molecule has 4 fully saturated rings. The number of aromatic nitrogens is 1. The van der Waals surface area contributed by atoms with Crippen molar-refractivity contribution >= 4 is 35.0 Å². The number of alkyl halides is 2. The van der Waals surface area contributed by atoms with E-state index in [1.165, 1.54) is 0 Å². The molecular weight excluding hydrogens is 650 g/mol. The van der Waals surface area contributed by atoms with Crippen molar-refractivity contribution in [1.29, 1.82) is 0 Å². The molecule has 2 atom stereocenters. The number of piperidine rings is 2. The molecule has 49 heavy (non-hydrogen) atoms. The molecule has 5 aliphatic heterocycles. The molecule has 3 saturated heterocycles. The Balaban J connectivity index is 1.15. The Morgan fingerprint density at radius 1 is 0.959 bits per heavy atom. The molecule has 13 heteroatoms. The van der Waals surface area contributed by atoms with Gasteiger partial charge in [0.1, 0.15) is 6.04 Å². The zero-order chi connectivity index (χ0) is 34.3. The Labute approximate surface area is 290 Å². The van der Waals surface area contributed by atoms with Crippen LogP contribution in [0.15, 0.2) is 30.3 Å². The number of benzene rings is 1. The van der Waals surface area contributed by atoms with Crippen LogP contribution in [0.5, 0.6) is 0 Å². The van der Waals surface area contributed by atoms with Crippen LogP contribution in [-0.4, -0.2) is 106 Å². The monoisotopic (exact) mass is 696 g/mol. The summed E-state index contributed by atoms with van der Waals surface area (Å²) in [7, 11) is 0. The van der Waals surface area contributed by atoms with Gasteiger partial charge in [0.15, 0.2) is 0 Å². The number of carbonyl (C=O) groups excluding carboxylic acids is 4. The molecule has 1 aromatic carbocycles. The molecule has 10 nitrogen and oxygen atoms in total. The number of carbonyl (C=O) groups is 4. The van der Waals surface area contributed by atoms with Crippen molar-refractivity contribution in [2.24, 2.45) is 0 Å². The van der Waals surface area contributed by atoms with Gasteiger partial charge < -0.3 is 25.3 Å². The summed E-state index contributed by atoms with van der Waals surface area (Å²) < 4.78 is 27.8. The number of halogens is 2. The zero-order valence-corrected chi connectivity index (χ0v) is 28.9. The van der Waals surface area contributed by atoms with E-state index in [2.05, 4.69) is 10.6 Å². The fraction of sp³-hybridized carbons (Fsp3) is 0.639. The molecule has 1 aromatic heterocycles. The first-order chi connectivity index (χ1) is 23.5. The maximum absolute atomic E-state index is 14.4. The first-order valence-electron chi connectivity index (χ1n) is 17.8. The van der Waals surface area contributed by atoms with Crippen LogP contribution in [0.25, 0.3) is 0 Å². The molecule has 2 N–H and O–H groups in total. The van der Waals surface area contributed by atoms with E-state index in [4.69, 9.17) is 4.98 Å². The van der Waals surface area contributed by atoms with Gasteiger partial charge in [-0.1, -0.05) is 18.2 Å². The molecule has 2 aromatic rings. The third-order valence-corrected chi connectivity index (χ3v) is 12.6. The standard InChI is InChI=1S/C36H46F2N6O4S/c1-23-28-20-30(45)41-35(13-17-43(18-14-35)33(47)25-5-3-2-4-6-25)21-31(46)44-22-27(39-26-7-11-36(37,38)12-8-26)19-29(44)34(48)42-15-9-24(10-16-42)32(40-28)49-23/h2-6,24,26-27,29,39H,7-22H2,1H3,(H,41,45)/t27-,29-/m0/s1. The number of nitrogens with one attached hydrogen (secondary N) is 2. The first kappa shape index (κ1) is 34.0. The molecule has 4 amide bonds. The molecule has 6 heterocycles. The lowest BCUT2D eigenvalue weighted by atomic mass is 9.83. The predicted octanol–water partition coefficient (Wildman–Crippen LogP) is 4.03. The summed E-state index contributed by atoms with van der Waals surface area (Å²) in [4.78, 5) is 66.9. The fourth-order valence-corrected chi connectivity index (χ4v) is 9.59. The summed E-state index contributed by atoms with van der Waals surface area (Å²) in [6.07, 6.45) is 3.24. The minimum Gasteiger partial charge on any atom is -0.350 e. The Bertz CT molecular complexity index is 1560. The average Bonchev–Trinajstić information content (AvgIpc) is 3.68. The van der Waals surface area contributed by atoms with E-state index < -0.39 is 17.5 Å². The van der Waals surface area contributed by atoms with Gasteiger partial charge in [-0.25, -0.2) is 13.8 Å². The van der Waals surface area contributed by atoms with Gasteiger partial charge in [0.25, 0.3) is 5.91 Å². The number of amides is 4. The maximum Gasteiger partial charge on any atom is 0.253 e.